The van der Waals surface area contributed by atoms with Gasteiger partial charge in [-0.3, -0.25) is 19.4 Å². The summed E-state index contributed by atoms with van der Waals surface area (Å²) in [6.07, 6.45) is 2.72. The van der Waals surface area contributed by atoms with Gasteiger partial charge in [-0.05, 0) is 32.4 Å². The topological polar surface area (TPSA) is 124 Å². The van der Waals surface area contributed by atoms with Gasteiger partial charge in [-0.1, -0.05) is 0 Å². The largest absolute Gasteiger partial charge is 0.345 e. The zero-order chi connectivity index (χ0) is 18.9. The van der Waals surface area contributed by atoms with Crippen LogP contribution >= 0.6 is 0 Å². The highest BCUT2D eigenvalue weighted by atomic mass is 16.2. The number of hydrogen-bond donors (Lipinski definition) is 3. The summed E-state index contributed by atoms with van der Waals surface area (Å²) in [4.78, 5) is 23.7. The molecule has 26 heavy (non-hydrogen) atoms. The Morgan fingerprint density at radius 2 is 2.12 bits per heavy atom. The van der Waals surface area contributed by atoms with E-state index < -0.39 is 0 Å². The van der Waals surface area contributed by atoms with E-state index in [2.05, 4.69) is 20.6 Å². The number of nitrogens with zero attached hydrogens (tertiary/aromatic N) is 4. The molecule has 4 N–H and O–H groups in total. The Morgan fingerprint density at radius 1 is 1.35 bits per heavy atom. The summed E-state index contributed by atoms with van der Waals surface area (Å²) in [5.41, 5.74) is 7.18. The Hall–Kier alpha value is -2.94. The third kappa shape index (κ3) is 3.99. The number of aromatic nitrogens is 5. The molecule has 0 aromatic carbocycles. The average molecular weight is 357 g/mol. The zero-order valence-electron chi connectivity index (χ0n) is 15.1. The second kappa shape index (κ2) is 6.75. The fourth-order valence-corrected chi connectivity index (χ4v) is 2.59. The van der Waals surface area contributed by atoms with Crippen molar-refractivity contribution in [2.24, 2.45) is 12.8 Å². The van der Waals surface area contributed by atoms with Gasteiger partial charge in [-0.25, -0.2) is 0 Å². The lowest BCUT2D eigenvalue weighted by atomic mass is 10.0. The zero-order valence-corrected chi connectivity index (χ0v) is 15.1. The first-order valence-corrected chi connectivity index (χ1v) is 8.37. The Labute approximate surface area is 150 Å². The molecular weight excluding hydrogens is 334 g/mol. The molecule has 0 aliphatic carbocycles. The van der Waals surface area contributed by atoms with Gasteiger partial charge in [0.05, 0.1) is 12.2 Å². The number of hydrogen-bond acceptors (Lipinski definition) is 5. The molecule has 9 heteroatoms. The molecule has 0 bridgehead atoms. The third-order valence-corrected chi connectivity index (χ3v) is 4.12. The number of fused-ring (bicyclic) bond motifs is 1. The van der Waals surface area contributed by atoms with Crippen LogP contribution in [0.25, 0.3) is 11.0 Å². The van der Waals surface area contributed by atoms with Crippen molar-refractivity contribution in [2.45, 2.75) is 38.9 Å². The van der Waals surface area contributed by atoms with Crippen LogP contribution < -0.4 is 16.6 Å². The summed E-state index contributed by atoms with van der Waals surface area (Å²) in [5, 5.41) is 14.6. The molecule has 0 aliphatic heterocycles. The van der Waals surface area contributed by atoms with E-state index in [0.717, 1.165) is 24.0 Å². The van der Waals surface area contributed by atoms with E-state index in [4.69, 9.17) is 5.73 Å². The highest BCUT2D eigenvalue weighted by molar-refractivity contribution is 5.94. The van der Waals surface area contributed by atoms with Crippen LogP contribution in [-0.2, 0) is 20.1 Å². The van der Waals surface area contributed by atoms with E-state index in [1.807, 2.05) is 30.7 Å². The van der Waals surface area contributed by atoms with Crippen molar-refractivity contribution < 1.29 is 4.79 Å². The molecule has 0 saturated heterocycles. The fraction of sp³-hybridized carbons (Fsp3) is 0.412. The van der Waals surface area contributed by atoms with Gasteiger partial charge in [-0.15, -0.1) is 10.2 Å². The van der Waals surface area contributed by atoms with E-state index in [-0.39, 0.29) is 29.2 Å². The second-order valence-corrected chi connectivity index (χ2v) is 7.12. The molecule has 3 aromatic heterocycles. The Morgan fingerprint density at radius 3 is 2.77 bits per heavy atom. The number of H-pyrrole nitrogens is 1. The summed E-state index contributed by atoms with van der Waals surface area (Å²) >= 11 is 0. The monoisotopic (exact) mass is 357 g/mol. The second-order valence-electron chi connectivity index (χ2n) is 7.12. The van der Waals surface area contributed by atoms with Crippen molar-refractivity contribution >= 4 is 16.9 Å². The number of aryl methyl sites for hydroxylation is 2. The highest BCUT2D eigenvalue weighted by Gasteiger charge is 2.14. The van der Waals surface area contributed by atoms with Gasteiger partial charge >= 0.3 is 0 Å². The van der Waals surface area contributed by atoms with Crippen LogP contribution in [0.5, 0.6) is 0 Å². The Bertz CT molecular complexity index is 991. The predicted molar refractivity (Wildman–Crippen MR) is 97.6 cm³/mol. The molecule has 0 atom stereocenters. The molecule has 1 amide bonds. The van der Waals surface area contributed by atoms with E-state index in [0.29, 0.717) is 5.69 Å². The molecule has 0 spiro atoms. The van der Waals surface area contributed by atoms with Crippen molar-refractivity contribution in [3.05, 3.63) is 46.1 Å². The first-order chi connectivity index (χ1) is 12.2. The van der Waals surface area contributed by atoms with E-state index in [9.17, 15) is 9.59 Å². The number of aromatic amines is 1. The summed E-state index contributed by atoms with van der Waals surface area (Å²) in [6.45, 7) is 4.90. The number of carbonyl (C=O) groups excluding carboxylic acids is 1. The van der Waals surface area contributed by atoms with Crippen LogP contribution in [0.2, 0.25) is 0 Å². The van der Waals surface area contributed by atoms with E-state index in [1.54, 1.807) is 13.1 Å². The first-order valence-electron chi connectivity index (χ1n) is 8.37. The normalized spacial score (nSPS) is 11.8. The van der Waals surface area contributed by atoms with Crippen molar-refractivity contribution in [1.29, 1.82) is 0 Å². The molecule has 3 aromatic rings. The summed E-state index contributed by atoms with van der Waals surface area (Å²) in [5.74, 6) is -0.347. The summed E-state index contributed by atoms with van der Waals surface area (Å²) in [6, 6.07) is 5.04. The number of nitrogens with one attached hydrogen (secondary N) is 2. The number of nitrogens with two attached hydrogens (primary N) is 1. The highest BCUT2D eigenvalue weighted by Crippen LogP contribution is 2.16. The van der Waals surface area contributed by atoms with Crippen LogP contribution in [0.3, 0.4) is 0 Å². The summed E-state index contributed by atoms with van der Waals surface area (Å²) < 4.78 is 3.33. The molecule has 9 nitrogen and oxygen atoms in total. The molecule has 0 aliphatic rings. The molecule has 3 heterocycles. The molecule has 3 rings (SSSR count). The quantitative estimate of drug-likeness (QED) is 0.593. The third-order valence-electron chi connectivity index (χ3n) is 4.12. The molecule has 0 fully saturated rings. The van der Waals surface area contributed by atoms with Crippen molar-refractivity contribution in [1.82, 2.24) is 29.9 Å². The standard InChI is InChI=1S/C17H23N7O2/c1-17(2,18)5-7-24-6-4-11-8-13(20-21-15(11)24)16(26)19-10-12-9-14(25)23(3)22-12/h4,6,8-9,22H,5,7,10,18H2,1-3H3,(H,19,26). The van der Waals surface area contributed by atoms with Crippen LogP contribution in [0, 0.1) is 0 Å². The molecule has 0 radical (unpaired) electrons. The first kappa shape index (κ1) is 17.9. The van der Waals surface area contributed by atoms with Gasteiger partial charge < -0.3 is 15.6 Å². The van der Waals surface area contributed by atoms with Gasteiger partial charge in [0.1, 0.15) is 0 Å². The maximum atomic E-state index is 12.3. The van der Waals surface area contributed by atoms with Gasteiger partial charge in [0, 0.05) is 36.8 Å². The molecule has 0 unspecified atom stereocenters. The van der Waals surface area contributed by atoms with Gasteiger partial charge in [-0.2, -0.15) is 0 Å². The maximum absolute atomic E-state index is 12.3. The molecular formula is C17H23N7O2. The van der Waals surface area contributed by atoms with Crippen molar-refractivity contribution in [3.63, 3.8) is 0 Å². The Balaban J connectivity index is 1.70. The van der Waals surface area contributed by atoms with E-state index in [1.165, 1.54) is 10.7 Å². The molecule has 0 saturated carbocycles. The van der Waals surface area contributed by atoms with Crippen LogP contribution in [0.1, 0.15) is 36.5 Å². The minimum atomic E-state index is -0.347. The average Bonchev–Trinajstić information content (AvgIpc) is 3.12. The fourth-order valence-electron chi connectivity index (χ4n) is 2.59. The lowest BCUT2D eigenvalue weighted by Gasteiger charge is -2.18. The van der Waals surface area contributed by atoms with Gasteiger partial charge in [0.25, 0.3) is 11.5 Å². The maximum Gasteiger partial charge on any atom is 0.272 e. The number of carbonyl (C=O) groups is 1. The predicted octanol–water partition coefficient (Wildman–Crippen LogP) is 0.516. The number of rotatable bonds is 6. The van der Waals surface area contributed by atoms with Gasteiger partial charge in [0.2, 0.25) is 0 Å². The lowest BCUT2D eigenvalue weighted by Crippen LogP contribution is -2.33. The van der Waals surface area contributed by atoms with Gasteiger partial charge in [0.15, 0.2) is 11.3 Å². The SMILES string of the molecule is Cn1[nH]c(CNC(=O)c2cc3ccn(CCC(C)(C)N)c3nn2)cc1=O. The van der Waals surface area contributed by atoms with Crippen LogP contribution in [-0.4, -0.2) is 36.0 Å². The lowest BCUT2D eigenvalue weighted by molar-refractivity contribution is 0.0944. The van der Waals surface area contributed by atoms with Crippen molar-refractivity contribution in [2.75, 3.05) is 0 Å². The Kier molecular flexibility index (Phi) is 4.64. The minimum absolute atomic E-state index is 0.155. The smallest absolute Gasteiger partial charge is 0.272 e. The summed E-state index contributed by atoms with van der Waals surface area (Å²) in [7, 11) is 1.61. The van der Waals surface area contributed by atoms with Crippen LogP contribution in [0.15, 0.2) is 29.2 Å². The van der Waals surface area contributed by atoms with E-state index >= 15 is 0 Å². The number of amides is 1. The van der Waals surface area contributed by atoms with Crippen LogP contribution in [0.4, 0.5) is 0 Å². The molecule has 138 valence electrons. The van der Waals surface area contributed by atoms with Crippen molar-refractivity contribution in [3.8, 4) is 0 Å². The minimum Gasteiger partial charge on any atom is -0.345 e.